The van der Waals surface area contributed by atoms with E-state index in [0.29, 0.717) is 6.42 Å². The number of rotatable bonds is 5. The van der Waals surface area contributed by atoms with Crippen LogP contribution in [0.25, 0.3) is 0 Å². The molecule has 0 saturated carbocycles. The van der Waals surface area contributed by atoms with Crippen molar-refractivity contribution in [1.29, 1.82) is 0 Å². The van der Waals surface area contributed by atoms with Crippen LogP contribution in [-0.2, 0) is 4.79 Å². The molecule has 0 spiro atoms. The Kier molecular flexibility index (Phi) is 4.81. The van der Waals surface area contributed by atoms with Crippen molar-refractivity contribution < 1.29 is 14.6 Å². The van der Waals surface area contributed by atoms with Gasteiger partial charge in [0.1, 0.15) is 11.8 Å². The molecule has 0 radical (unpaired) electrons. The van der Waals surface area contributed by atoms with E-state index in [-0.39, 0.29) is 6.04 Å². The zero-order valence-corrected chi connectivity index (χ0v) is 14.0. The number of likely N-dealkylation sites (tertiary alicyclic amines) is 1. The second-order valence-corrected chi connectivity index (χ2v) is 6.11. The fourth-order valence-corrected chi connectivity index (χ4v) is 3.40. The number of carboxylic acid groups (broad SMARTS) is 1. The van der Waals surface area contributed by atoms with Gasteiger partial charge in [-0.1, -0.05) is 18.2 Å². The summed E-state index contributed by atoms with van der Waals surface area (Å²) in [5.74, 6) is 0.0181. The lowest BCUT2D eigenvalue weighted by Crippen LogP contribution is -2.39. The first-order chi connectivity index (χ1) is 11.6. The molecule has 1 N–H and O–H groups in total. The van der Waals surface area contributed by atoms with Crippen molar-refractivity contribution in [1.82, 2.24) is 9.88 Å². The summed E-state index contributed by atoms with van der Waals surface area (Å²) in [5, 5.41) is 9.58. The highest BCUT2D eigenvalue weighted by Crippen LogP contribution is 2.34. The Labute approximate surface area is 141 Å². The number of nitrogens with zero attached hydrogens (tertiary/aromatic N) is 2. The number of aromatic nitrogens is 1. The zero-order valence-electron chi connectivity index (χ0n) is 14.0. The number of pyridine rings is 1. The van der Waals surface area contributed by atoms with Crippen molar-refractivity contribution in [2.75, 3.05) is 13.7 Å². The van der Waals surface area contributed by atoms with Gasteiger partial charge >= 0.3 is 5.97 Å². The molecule has 0 aliphatic carbocycles. The van der Waals surface area contributed by atoms with Crippen LogP contribution in [0.3, 0.4) is 0 Å². The quantitative estimate of drug-likeness (QED) is 0.915. The van der Waals surface area contributed by atoms with Gasteiger partial charge in [-0.2, -0.15) is 0 Å². The molecule has 2 atom stereocenters. The molecule has 0 amide bonds. The van der Waals surface area contributed by atoms with E-state index in [0.717, 1.165) is 35.7 Å². The third kappa shape index (κ3) is 3.26. The summed E-state index contributed by atoms with van der Waals surface area (Å²) in [7, 11) is 1.63. The Balaban J connectivity index is 2.04. The standard InChI is InChI=1S/C19H22N2O3/c1-13-5-3-6-16(20-13)18(14-8-10-15(24-2)11-9-14)21-12-4-7-17(21)19(22)23/h3,5-6,8-11,17-18H,4,7,12H2,1-2H3,(H,22,23). The third-order valence-corrected chi connectivity index (χ3v) is 4.53. The lowest BCUT2D eigenvalue weighted by Gasteiger charge is -2.31. The number of benzene rings is 1. The Bertz CT molecular complexity index is 715. The number of hydrogen-bond donors (Lipinski definition) is 1. The van der Waals surface area contributed by atoms with E-state index >= 15 is 0 Å². The first-order valence-electron chi connectivity index (χ1n) is 8.16. The molecular weight excluding hydrogens is 304 g/mol. The average molecular weight is 326 g/mol. The molecular formula is C19H22N2O3. The van der Waals surface area contributed by atoms with Gasteiger partial charge in [0.15, 0.2) is 0 Å². The summed E-state index contributed by atoms with van der Waals surface area (Å²) in [6.07, 6.45) is 1.56. The fraction of sp³-hybridized carbons (Fsp3) is 0.368. The van der Waals surface area contributed by atoms with Crippen LogP contribution in [0.2, 0.25) is 0 Å². The van der Waals surface area contributed by atoms with Gasteiger partial charge in [0.05, 0.1) is 18.8 Å². The van der Waals surface area contributed by atoms with E-state index in [1.54, 1.807) is 7.11 Å². The summed E-state index contributed by atoms with van der Waals surface area (Å²) in [5.41, 5.74) is 2.84. The van der Waals surface area contributed by atoms with Crippen molar-refractivity contribution >= 4 is 5.97 Å². The molecule has 3 rings (SSSR count). The highest BCUT2D eigenvalue weighted by molar-refractivity contribution is 5.74. The van der Waals surface area contributed by atoms with Gasteiger partial charge < -0.3 is 9.84 Å². The molecule has 2 aromatic rings. The summed E-state index contributed by atoms with van der Waals surface area (Å²) in [6, 6.07) is 13.1. The second kappa shape index (κ2) is 7.01. The maximum atomic E-state index is 11.7. The summed E-state index contributed by atoms with van der Waals surface area (Å²) in [4.78, 5) is 18.4. The molecule has 2 heterocycles. The van der Waals surface area contributed by atoms with E-state index < -0.39 is 12.0 Å². The Morgan fingerprint density at radius 2 is 2.04 bits per heavy atom. The zero-order chi connectivity index (χ0) is 17.1. The predicted octanol–water partition coefficient (Wildman–Crippen LogP) is 3.04. The molecule has 1 aromatic carbocycles. The van der Waals surface area contributed by atoms with Gasteiger partial charge in [0.25, 0.3) is 0 Å². The average Bonchev–Trinajstić information content (AvgIpc) is 3.05. The Morgan fingerprint density at radius 3 is 2.67 bits per heavy atom. The molecule has 5 heteroatoms. The molecule has 0 bridgehead atoms. The number of aliphatic carboxylic acids is 1. The van der Waals surface area contributed by atoms with Gasteiger partial charge in [-0.15, -0.1) is 0 Å². The van der Waals surface area contributed by atoms with Crippen LogP contribution in [0, 0.1) is 6.92 Å². The van der Waals surface area contributed by atoms with Crippen LogP contribution < -0.4 is 4.74 Å². The van der Waals surface area contributed by atoms with Gasteiger partial charge in [0, 0.05) is 12.2 Å². The van der Waals surface area contributed by atoms with Crippen LogP contribution in [0.15, 0.2) is 42.5 Å². The number of ether oxygens (including phenoxy) is 1. The third-order valence-electron chi connectivity index (χ3n) is 4.53. The highest BCUT2D eigenvalue weighted by Gasteiger charge is 2.37. The van der Waals surface area contributed by atoms with E-state index in [9.17, 15) is 9.90 Å². The number of aryl methyl sites for hydroxylation is 1. The predicted molar refractivity (Wildman–Crippen MR) is 91.2 cm³/mol. The molecule has 1 fully saturated rings. The molecule has 1 aliphatic heterocycles. The van der Waals surface area contributed by atoms with Crippen molar-refractivity contribution in [3.05, 3.63) is 59.4 Å². The minimum absolute atomic E-state index is 0.167. The number of carboxylic acids is 1. The largest absolute Gasteiger partial charge is 0.497 e. The van der Waals surface area contributed by atoms with Crippen LogP contribution in [-0.4, -0.2) is 40.7 Å². The maximum Gasteiger partial charge on any atom is 0.320 e. The lowest BCUT2D eigenvalue weighted by molar-refractivity contribution is -0.142. The molecule has 2 unspecified atom stereocenters. The molecule has 24 heavy (non-hydrogen) atoms. The van der Waals surface area contributed by atoms with Crippen molar-refractivity contribution in [2.24, 2.45) is 0 Å². The summed E-state index contributed by atoms with van der Waals surface area (Å²) < 4.78 is 5.24. The van der Waals surface area contributed by atoms with Gasteiger partial charge in [0.2, 0.25) is 0 Å². The molecule has 5 nitrogen and oxygen atoms in total. The topological polar surface area (TPSA) is 62.7 Å². The van der Waals surface area contributed by atoms with E-state index in [1.165, 1.54) is 0 Å². The van der Waals surface area contributed by atoms with Crippen LogP contribution >= 0.6 is 0 Å². The monoisotopic (exact) mass is 326 g/mol. The van der Waals surface area contributed by atoms with Crippen LogP contribution in [0.4, 0.5) is 0 Å². The summed E-state index contributed by atoms with van der Waals surface area (Å²) in [6.45, 7) is 2.70. The first kappa shape index (κ1) is 16.5. The number of methoxy groups -OCH3 is 1. The molecule has 1 aromatic heterocycles. The van der Waals surface area contributed by atoms with Crippen molar-refractivity contribution in [3.63, 3.8) is 0 Å². The smallest absolute Gasteiger partial charge is 0.320 e. The van der Waals surface area contributed by atoms with Crippen molar-refractivity contribution in [3.8, 4) is 5.75 Å². The highest BCUT2D eigenvalue weighted by atomic mass is 16.5. The number of carbonyl (C=O) groups is 1. The molecule has 126 valence electrons. The molecule has 1 aliphatic rings. The van der Waals surface area contributed by atoms with Gasteiger partial charge in [-0.3, -0.25) is 14.7 Å². The van der Waals surface area contributed by atoms with Crippen LogP contribution in [0.5, 0.6) is 5.75 Å². The van der Waals surface area contributed by atoms with Crippen LogP contribution in [0.1, 0.15) is 35.8 Å². The Hall–Kier alpha value is -2.40. The summed E-state index contributed by atoms with van der Waals surface area (Å²) >= 11 is 0. The lowest BCUT2D eigenvalue weighted by atomic mass is 10.00. The number of hydrogen-bond acceptors (Lipinski definition) is 4. The SMILES string of the molecule is COc1ccc(C(c2cccc(C)n2)N2CCCC2C(=O)O)cc1. The van der Waals surface area contributed by atoms with Crippen molar-refractivity contribution in [2.45, 2.75) is 31.8 Å². The fourth-order valence-electron chi connectivity index (χ4n) is 3.40. The minimum atomic E-state index is -0.765. The maximum absolute atomic E-state index is 11.7. The van der Waals surface area contributed by atoms with E-state index in [4.69, 9.17) is 4.74 Å². The Morgan fingerprint density at radius 1 is 1.29 bits per heavy atom. The van der Waals surface area contributed by atoms with E-state index in [1.807, 2.05) is 54.3 Å². The normalized spacial score (nSPS) is 19.2. The molecule has 1 saturated heterocycles. The second-order valence-electron chi connectivity index (χ2n) is 6.11. The van der Waals surface area contributed by atoms with E-state index in [2.05, 4.69) is 4.98 Å². The van der Waals surface area contributed by atoms with Gasteiger partial charge in [-0.05, 0) is 49.6 Å². The van der Waals surface area contributed by atoms with Gasteiger partial charge in [-0.25, -0.2) is 0 Å². The first-order valence-corrected chi connectivity index (χ1v) is 8.16. The minimum Gasteiger partial charge on any atom is -0.497 e.